The van der Waals surface area contributed by atoms with Crippen molar-refractivity contribution in [3.63, 3.8) is 0 Å². The molecule has 22 heavy (non-hydrogen) atoms. The van der Waals surface area contributed by atoms with E-state index in [-0.39, 0.29) is 5.78 Å². The highest BCUT2D eigenvalue weighted by atomic mass is 32.1. The highest BCUT2D eigenvalue weighted by Gasteiger charge is 2.20. The van der Waals surface area contributed by atoms with Crippen LogP contribution in [0.15, 0.2) is 30.5 Å². The zero-order chi connectivity index (χ0) is 15.4. The fourth-order valence-electron chi connectivity index (χ4n) is 2.89. The van der Waals surface area contributed by atoms with Crippen LogP contribution >= 0.6 is 11.3 Å². The summed E-state index contributed by atoms with van der Waals surface area (Å²) in [6, 6.07) is 8.08. The summed E-state index contributed by atoms with van der Waals surface area (Å²) in [6.45, 7) is 2.05. The van der Waals surface area contributed by atoms with Crippen LogP contribution < -0.4 is 0 Å². The Labute approximate surface area is 135 Å². The molecule has 1 fully saturated rings. The number of Topliss-reactive ketones (excluding diaryl/α,β-unsaturated/α-hetero) is 1. The number of carbonyl (C=O) groups excluding carboxylic acids is 1. The molecule has 0 radical (unpaired) electrons. The normalized spacial score (nSPS) is 14.6. The molecule has 1 heterocycles. The van der Waals surface area contributed by atoms with Crippen molar-refractivity contribution in [2.45, 2.75) is 39.0 Å². The maximum absolute atomic E-state index is 12.3. The van der Waals surface area contributed by atoms with Crippen LogP contribution in [-0.4, -0.2) is 10.8 Å². The maximum atomic E-state index is 12.3. The molecule has 0 bridgehead atoms. The van der Waals surface area contributed by atoms with Gasteiger partial charge in [-0.2, -0.15) is 0 Å². The summed E-state index contributed by atoms with van der Waals surface area (Å²) in [6.07, 6.45) is 7.30. The Morgan fingerprint density at radius 3 is 2.91 bits per heavy atom. The van der Waals surface area contributed by atoms with Crippen molar-refractivity contribution in [2.24, 2.45) is 5.92 Å². The molecule has 0 N–H and O–H groups in total. The second-order valence-corrected chi connectivity index (χ2v) is 6.96. The number of aromatic nitrogens is 1. The van der Waals surface area contributed by atoms with Gasteiger partial charge in [0, 0.05) is 12.0 Å². The van der Waals surface area contributed by atoms with E-state index >= 15 is 0 Å². The van der Waals surface area contributed by atoms with Crippen LogP contribution in [0.25, 0.3) is 0 Å². The monoisotopic (exact) mass is 309 g/mol. The molecule has 1 aliphatic carbocycles. The summed E-state index contributed by atoms with van der Waals surface area (Å²) in [7, 11) is 0. The van der Waals surface area contributed by atoms with Gasteiger partial charge >= 0.3 is 0 Å². The quantitative estimate of drug-likeness (QED) is 0.612. The molecule has 0 amide bonds. The summed E-state index contributed by atoms with van der Waals surface area (Å²) in [5, 5.41) is 0.719. The Morgan fingerprint density at radius 1 is 1.32 bits per heavy atom. The van der Waals surface area contributed by atoms with E-state index in [1.165, 1.54) is 42.6 Å². The van der Waals surface area contributed by atoms with Crippen molar-refractivity contribution in [1.29, 1.82) is 0 Å². The van der Waals surface area contributed by atoms with Gasteiger partial charge in [-0.25, -0.2) is 4.98 Å². The predicted octanol–water partition coefficient (Wildman–Crippen LogP) is 4.61. The first kappa shape index (κ1) is 15.0. The van der Waals surface area contributed by atoms with E-state index in [9.17, 15) is 4.79 Å². The lowest BCUT2D eigenvalue weighted by Crippen LogP contribution is -2.03. The fraction of sp³-hybridized carbons (Fsp3) is 0.368. The smallest absolute Gasteiger partial charge is 0.174 e. The largest absolute Gasteiger partial charge is 0.293 e. The lowest BCUT2D eigenvalue weighted by atomic mass is 10.0. The molecule has 0 aliphatic heterocycles. The van der Waals surface area contributed by atoms with E-state index < -0.39 is 0 Å². The van der Waals surface area contributed by atoms with E-state index in [0.29, 0.717) is 12.3 Å². The number of aryl methyl sites for hydroxylation is 1. The third-order valence-corrected chi connectivity index (χ3v) is 5.01. The minimum Gasteiger partial charge on any atom is -0.293 e. The summed E-state index contributed by atoms with van der Waals surface area (Å²) in [4.78, 5) is 17.3. The minimum atomic E-state index is 0.230. The average molecular weight is 309 g/mol. The van der Waals surface area contributed by atoms with E-state index in [1.807, 2.05) is 31.2 Å². The molecule has 3 rings (SSSR count). The van der Waals surface area contributed by atoms with E-state index in [1.54, 1.807) is 6.20 Å². The molecule has 1 saturated carbocycles. The van der Waals surface area contributed by atoms with Crippen LogP contribution in [-0.2, 0) is 0 Å². The Kier molecular flexibility index (Phi) is 4.70. The van der Waals surface area contributed by atoms with Gasteiger partial charge in [0.25, 0.3) is 0 Å². The Balaban J connectivity index is 1.67. The SMILES string of the molecule is Cc1cccc(C#Cc2ncc(C(=O)CC3CCCC3)s2)c1. The van der Waals surface area contributed by atoms with Crippen LogP contribution in [0.1, 0.15) is 57.9 Å². The van der Waals surface area contributed by atoms with E-state index in [0.717, 1.165) is 15.4 Å². The number of benzene rings is 1. The molecule has 0 atom stereocenters. The van der Waals surface area contributed by atoms with Gasteiger partial charge in [-0.15, -0.1) is 11.3 Å². The second kappa shape index (κ2) is 6.89. The van der Waals surface area contributed by atoms with Crippen molar-refractivity contribution in [1.82, 2.24) is 4.98 Å². The number of rotatable bonds is 3. The minimum absolute atomic E-state index is 0.230. The van der Waals surface area contributed by atoms with Gasteiger partial charge in [0.1, 0.15) is 0 Å². The summed E-state index contributed by atoms with van der Waals surface area (Å²) < 4.78 is 0. The van der Waals surface area contributed by atoms with Crippen LogP contribution in [0.2, 0.25) is 0 Å². The molecule has 0 saturated heterocycles. The first-order valence-electron chi connectivity index (χ1n) is 7.78. The topological polar surface area (TPSA) is 30.0 Å². The van der Waals surface area contributed by atoms with Crippen LogP contribution in [0.4, 0.5) is 0 Å². The van der Waals surface area contributed by atoms with Gasteiger partial charge < -0.3 is 0 Å². The molecular formula is C19H19NOS. The molecule has 1 aliphatic rings. The molecule has 1 aromatic heterocycles. The molecule has 2 nitrogen and oxygen atoms in total. The third kappa shape index (κ3) is 3.84. The van der Waals surface area contributed by atoms with Gasteiger partial charge in [0.15, 0.2) is 10.8 Å². The summed E-state index contributed by atoms with van der Waals surface area (Å²) in [5.41, 5.74) is 2.17. The van der Waals surface area contributed by atoms with Crippen molar-refractivity contribution in [2.75, 3.05) is 0 Å². The lowest BCUT2D eigenvalue weighted by molar-refractivity contribution is 0.0966. The van der Waals surface area contributed by atoms with Crippen molar-refractivity contribution < 1.29 is 4.79 Å². The van der Waals surface area contributed by atoms with Gasteiger partial charge in [-0.3, -0.25) is 4.79 Å². The number of ketones is 1. The van der Waals surface area contributed by atoms with E-state index in [4.69, 9.17) is 0 Å². The first-order valence-corrected chi connectivity index (χ1v) is 8.60. The van der Waals surface area contributed by atoms with Gasteiger partial charge in [0.05, 0.1) is 11.1 Å². The lowest BCUT2D eigenvalue weighted by Gasteiger charge is -2.05. The van der Waals surface area contributed by atoms with Crippen LogP contribution in [0, 0.1) is 24.7 Å². The number of thiazole rings is 1. The average Bonchev–Trinajstić information content (AvgIpc) is 3.16. The molecule has 3 heteroatoms. The summed E-state index contributed by atoms with van der Waals surface area (Å²) in [5.74, 6) is 6.99. The standard InChI is InChI=1S/C19H19NOS/c1-14-5-4-8-16(11-14)9-10-19-20-13-18(22-19)17(21)12-15-6-2-3-7-15/h4-5,8,11,13,15H,2-3,6-7,12H2,1H3. The Morgan fingerprint density at radius 2 is 2.14 bits per heavy atom. The van der Waals surface area contributed by atoms with Crippen molar-refractivity contribution in [3.05, 3.63) is 51.5 Å². The Hall–Kier alpha value is -1.92. The predicted molar refractivity (Wildman–Crippen MR) is 90.2 cm³/mol. The number of carbonyl (C=O) groups is 1. The highest BCUT2D eigenvalue weighted by Crippen LogP contribution is 2.29. The van der Waals surface area contributed by atoms with Crippen LogP contribution in [0.3, 0.4) is 0 Å². The Bertz CT molecular complexity index is 729. The van der Waals surface area contributed by atoms with Crippen LogP contribution in [0.5, 0.6) is 0 Å². The summed E-state index contributed by atoms with van der Waals surface area (Å²) >= 11 is 1.41. The maximum Gasteiger partial charge on any atom is 0.174 e. The van der Waals surface area contributed by atoms with Gasteiger partial charge in [-0.05, 0) is 36.5 Å². The van der Waals surface area contributed by atoms with Gasteiger partial charge in [-0.1, -0.05) is 43.7 Å². The molecule has 112 valence electrons. The molecular weight excluding hydrogens is 290 g/mol. The fourth-order valence-corrected chi connectivity index (χ4v) is 3.60. The van der Waals surface area contributed by atoms with Gasteiger partial charge in [0.2, 0.25) is 0 Å². The molecule has 2 aromatic rings. The first-order chi connectivity index (χ1) is 10.7. The molecule has 1 aromatic carbocycles. The van der Waals surface area contributed by atoms with E-state index in [2.05, 4.69) is 16.8 Å². The van der Waals surface area contributed by atoms with Crippen molar-refractivity contribution >= 4 is 17.1 Å². The third-order valence-electron chi connectivity index (χ3n) is 4.06. The number of hydrogen-bond acceptors (Lipinski definition) is 3. The highest BCUT2D eigenvalue weighted by molar-refractivity contribution is 7.14. The zero-order valence-electron chi connectivity index (χ0n) is 12.8. The van der Waals surface area contributed by atoms with Crippen molar-refractivity contribution in [3.8, 4) is 11.8 Å². The molecule has 0 spiro atoms. The molecule has 0 unspecified atom stereocenters. The second-order valence-electron chi connectivity index (χ2n) is 5.93. The number of hydrogen-bond donors (Lipinski definition) is 0. The number of nitrogens with zero attached hydrogens (tertiary/aromatic N) is 1. The zero-order valence-corrected chi connectivity index (χ0v) is 13.6.